The molecule has 0 spiro atoms. The fourth-order valence-corrected chi connectivity index (χ4v) is 2.64. The van der Waals surface area contributed by atoms with Crippen molar-refractivity contribution in [1.29, 1.82) is 0 Å². The molecular weight excluding hydrogens is 405 g/mol. The van der Waals surface area contributed by atoms with Gasteiger partial charge in [0, 0.05) is 13.5 Å². The number of halogens is 3. The van der Waals surface area contributed by atoms with Gasteiger partial charge >= 0.3 is 0 Å². The third kappa shape index (κ3) is 5.44. The van der Waals surface area contributed by atoms with Crippen LogP contribution in [0.5, 0.6) is 5.75 Å². The van der Waals surface area contributed by atoms with Crippen LogP contribution in [0.3, 0.4) is 0 Å². The second-order valence-electron chi connectivity index (χ2n) is 4.96. The summed E-state index contributed by atoms with van der Waals surface area (Å²) in [5, 5.41) is 0.839. The molecule has 0 atom stereocenters. The first kappa shape index (κ1) is 18.2. The van der Waals surface area contributed by atoms with Gasteiger partial charge in [-0.2, -0.15) is 0 Å². The predicted molar refractivity (Wildman–Crippen MR) is 94.1 cm³/mol. The number of carbonyl (C=O) groups excluding carboxylic acids is 1. The van der Waals surface area contributed by atoms with Gasteiger partial charge < -0.3 is 14.1 Å². The van der Waals surface area contributed by atoms with Gasteiger partial charge in [-0.15, -0.1) is 0 Å². The number of carbonyl (C=O) groups is 1. The number of hydrogen-bond donors (Lipinski definition) is 0. The molecule has 23 heavy (non-hydrogen) atoms. The lowest BCUT2D eigenvalue weighted by atomic mass is 10.3. The summed E-state index contributed by atoms with van der Waals surface area (Å²) in [6, 6.07) is 8.84. The smallest absolute Gasteiger partial charge is 0.222 e. The number of benzene rings is 1. The molecular formula is C16H16BrCl2NO3. The van der Waals surface area contributed by atoms with Crippen molar-refractivity contribution in [3.05, 3.63) is 50.8 Å². The number of nitrogens with zero attached hydrogens (tertiary/aromatic N) is 1. The highest BCUT2D eigenvalue weighted by Gasteiger charge is 2.12. The summed E-state index contributed by atoms with van der Waals surface area (Å²) in [5.41, 5.74) is 0. The lowest BCUT2D eigenvalue weighted by molar-refractivity contribution is -0.130. The van der Waals surface area contributed by atoms with Crippen molar-refractivity contribution in [1.82, 2.24) is 4.90 Å². The molecule has 0 aliphatic heterocycles. The fraction of sp³-hybridized carbons (Fsp3) is 0.312. The van der Waals surface area contributed by atoms with E-state index < -0.39 is 0 Å². The van der Waals surface area contributed by atoms with E-state index in [9.17, 15) is 4.79 Å². The van der Waals surface area contributed by atoms with Crippen LogP contribution in [0.1, 0.15) is 18.6 Å². The van der Waals surface area contributed by atoms with Crippen LogP contribution in [0, 0.1) is 0 Å². The number of amides is 1. The summed E-state index contributed by atoms with van der Waals surface area (Å²) < 4.78 is 11.6. The van der Waals surface area contributed by atoms with Crippen LogP contribution in [0.2, 0.25) is 10.0 Å². The zero-order chi connectivity index (χ0) is 16.8. The molecule has 0 aliphatic carbocycles. The van der Waals surface area contributed by atoms with Crippen LogP contribution in [-0.4, -0.2) is 24.5 Å². The zero-order valence-electron chi connectivity index (χ0n) is 12.5. The van der Waals surface area contributed by atoms with Gasteiger partial charge in [-0.25, -0.2) is 0 Å². The van der Waals surface area contributed by atoms with Crippen LogP contribution in [-0.2, 0) is 11.3 Å². The summed E-state index contributed by atoms with van der Waals surface area (Å²) in [4.78, 5) is 13.7. The van der Waals surface area contributed by atoms with Gasteiger partial charge in [0.15, 0.2) is 4.67 Å². The first-order chi connectivity index (χ1) is 11.0. The second kappa shape index (κ2) is 8.62. The Labute approximate surface area is 153 Å². The van der Waals surface area contributed by atoms with E-state index in [4.69, 9.17) is 32.4 Å². The van der Waals surface area contributed by atoms with E-state index in [1.54, 1.807) is 36.2 Å². The molecule has 1 aromatic heterocycles. The summed E-state index contributed by atoms with van der Waals surface area (Å²) in [6.45, 7) is 0.831. The van der Waals surface area contributed by atoms with Crippen molar-refractivity contribution < 1.29 is 13.9 Å². The van der Waals surface area contributed by atoms with Gasteiger partial charge in [-0.3, -0.25) is 4.79 Å². The quantitative estimate of drug-likeness (QED) is 0.580. The summed E-state index contributed by atoms with van der Waals surface area (Å²) in [7, 11) is 1.74. The molecule has 1 amide bonds. The van der Waals surface area contributed by atoms with Gasteiger partial charge in [0.1, 0.15) is 16.5 Å². The summed E-state index contributed by atoms with van der Waals surface area (Å²) in [6.07, 6.45) is 0.977. The molecule has 1 aromatic carbocycles. The van der Waals surface area contributed by atoms with Crippen molar-refractivity contribution in [3.8, 4) is 5.75 Å². The van der Waals surface area contributed by atoms with E-state index in [1.165, 1.54) is 0 Å². The van der Waals surface area contributed by atoms with Gasteiger partial charge in [-0.1, -0.05) is 29.3 Å². The number of hydrogen-bond acceptors (Lipinski definition) is 3. The Morgan fingerprint density at radius 3 is 2.78 bits per heavy atom. The van der Waals surface area contributed by atoms with E-state index in [0.717, 1.165) is 5.76 Å². The van der Waals surface area contributed by atoms with Gasteiger partial charge in [0.25, 0.3) is 0 Å². The Morgan fingerprint density at radius 1 is 1.30 bits per heavy atom. The standard InChI is InChI=1S/C16H16BrCl2NO3/c1-20(10-11-7-8-14(17)23-11)15(21)6-3-9-22-13-5-2-4-12(18)16(13)19/h2,4-5,7-8H,3,6,9-10H2,1H3. The molecule has 0 bridgehead atoms. The summed E-state index contributed by atoms with van der Waals surface area (Å²) >= 11 is 15.2. The van der Waals surface area contributed by atoms with Crippen LogP contribution >= 0.6 is 39.1 Å². The molecule has 7 heteroatoms. The maximum absolute atomic E-state index is 12.1. The molecule has 0 fully saturated rings. The first-order valence-corrected chi connectivity index (χ1v) is 8.57. The van der Waals surface area contributed by atoms with E-state index in [0.29, 0.717) is 46.5 Å². The van der Waals surface area contributed by atoms with Crippen molar-refractivity contribution in [2.24, 2.45) is 0 Å². The van der Waals surface area contributed by atoms with Gasteiger partial charge in [0.05, 0.1) is 18.2 Å². The number of ether oxygens (including phenoxy) is 1. The third-order valence-corrected chi connectivity index (χ3v) is 4.38. The molecule has 0 unspecified atom stereocenters. The highest BCUT2D eigenvalue weighted by molar-refractivity contribution is 9.10. The monoisotopic (exact) mass is 419 g/mol. The molecule has 0 radical (unpaired) electrons. The van der Waals surface area contributed by atoms with E-state index >= 15 is 0 Å². The fourth-order valence-electron chi connectivity index (χ4n) is 1.95. The lowest BCUT2D eigenvalue weighted by Crippen LogP contribution is -2.26. The lowest BCUT2D eigenvalue weighted by Gasteiger charge is -2.16. The minimum atomic E-state index is 0.0262. The Morgan fingerprint density at radius 2 is 2.09 bits per heavy atom. The van der Waals surface area contributed by atoms with Crippen LogP contribution in [0.4, 0.5) is 0 Å². The molecule has 0 aliphatic rings. The molecule has 0 N–H and O–H groups in total. The van der Waals surface area contributed by atoms with Crippen molar-refractivity contribution in [2.75, 3.05) is 13.7 Å². The van der Waals surface area contributed by atoms with Crippen molar-refractivity contribution in [3.63, 3.8) is 0 Å². The van der Waals surface area contributed by atoms with Crippen molar-refractivity contribution in [2.45, 2.75) is 19.4 Å². The largest absolute Gasteiger partial charge is 0.492 e. The van der Waals surface area contributed by atoms with Crippen LogP contribution in [0.15, 0.2) is 39.4 Å². The first-order valence-electron chi connectivity index (χ1n) is 7.02. The third-order valence-electron chi connectivity index (χ3n) is 3.16. The van der Waals surface area contributed by atoms with Crippen LogP contribution < -0.4 is 4.74 Å². The molecule has 2 rings (SSSR count). The average molecular weight is 421 g/mol. The highest BCUT2D eigenvalue weighted by atomic mass is 79.9. The van der Waals surface area contributed by atoms with E-state index in [-0.39, 0.29) is 5.91 Å². The number of furan rings is 1. The van der Waals surface area contributed by atoms with E-state index in [1.807, 2.05) is 6.07 Å². The predicted octanol–water partition coefficient (Wildman–Crippen LogP) is 5.17. The zero-order valence-corrected chi connectivity index (χ0v) is 15.6. The maximum atomic E-state index is 12.1. The maximum Gasteiger partial charge on any atom is 0.222 e. The molecule has 2 aromatic rings. The molecule has 4 nitrogen and oxygen atoms in total. The Kier molecular flexibility index (Phi) is 6.81. The Bertz CT molecular complexity index is 675. The number of rotatable bonds is 7. The molecule has 0 saturated carbocycles. The second-order valence-corrected chi connectivity index (χ2v) is 6.53. The van der Waals surface area contributed by atoms with Gasteiger partial charge in [0.2, 0.25) is 5.91 Å². The molecule has 124 valence electrons. The molecule has 0 saturated heterocycles. The topological polar surface area (TPSA) is 42.7 Å². The van der Waals surface area contributed by atoms with E-state index in [2.05, 4.69) is 15.9 Å². The SMILES string of the molecule is CN(Cc1ccc(Br)o1)C(=O)CCCOc1cccc(Cl)c1Cl. The van der Waals surface area contributed by atoms with Gasteiger partial charge in [-0.05, 0) is 46.6 Å². The minimum absolute atomic E-state index is 0.0262. The van der Waals surface area contributed by atoms with Crippen LogP contribution in [0.25, 0.3) is 0 Å². The highest BCUT2D eigenvalue weighted by Crippen LogP contribution is 2.31. The average Bonchev–Trinajstić information content (AvgIpc) is 2.92. The normalized spacial score (nSPS) is 10.6. The Hall–Kier alpha value is -1.17. The molecule has 1 heterocycles. The minimum Gasteiger partial charge on any atom is -0.492 e. The van der Waals surface area contributed by atoms with Crippen molar-refractivity contribution >= 4 is 45.0 Å². The summed E-state index contributed by atoms with van der Waals surface area (Å²) in [5.74, 6) is 1.29. The Balaban J connectivity index is 1.73.